The number of aryl methyl sites for hydroxylation is 1. The summed E-state index contributed by atoms with van der Waals surface area (Å²) in [6.07, 6.45) is 5.15. The third-order valence-electron chi connectivity index (χ3n) is 7.38. The maximum atomic E-state index is 13.4. The van der Waals surface area contributed by atoms with Crippen LogP contribution in [0.4, 0.5) is 0 Å². The number of fused-ring (bicyclic) bond motifs is 3. The maximum Gasteiger partial charge on any atom is 0.251 e. The van der Waals surface area contributed by atoms with Crippen molar-refractivity contribution in [1.29, 1.82) is 0 Å². The standard InChI is InChI=1S/C32H42N6O6/c1-21(2)30-32(41)34-17-24-25(42-4)9-8-10-26(24)44-28-15-23(11-12-27(28)43-5)31(40)33-13-6-7-14-38(20-29(39)36-30)19-22-16-35-37(3)18-22/h8-12,15-16,18,21,30H,6-7,13-14,17,19-20H2,1-5H3,(H,33,40)(H,34,41)(H,36,39)/t30-/m1/s1. The molecule has 0 spiro atoms. The molecule has 3 aromatic rings. The highest BCUT2D eigenvalue weighted by Crippen LogP contribution is 2.37. The number of rotatable bonds is 5. The minimum absolute atomic E-state index is 0.0763. The van der Waals surface area contributed by atoms with Gasteiger partial charge in [-0.05, 0) is 55.6 Å². The van der Waals surface area contributed by atoms with E-state index in [0.717, 1.165) is 12.0 Å². The summed E-state index contributed by atoms with van der Waals surface area (Å²) >= 11 is 0. The fraction of sp³-hybridized carbons (Fsp3) is 0.438. The van der Waals surface area contributed by atoms with Crippen LogP contribution >= 0.6 is 0 Å². The molecule has 3 amide bonds. The Labute approximate surface area is 258 Å². The lowest BCUT2D eigenvalue weighted by molar-refractivity contribution is -0.130. The van der Waals surface area contributed by atoms with E-state index in [2.05, 4.69) is 21.0 Å². The molecule has 1 aliphatic rings. The largest absolute Gasteiger partial charge is 0.496 e. The molecular formula is C32H42N6O6. The zero-order chi connectivity index (χ0) is 31.6. The van der Waals surface area contributed by atoms with Gasteiger partial charge >= 0.3 is 0 Å². The highest BCUT2D eigenvalue weighted by Gasteiger charge is 2.26. The number of nitrogens with zero attached hydrogens (tertiary/aromatic N) is 3. The van der Waals surface area contributed by atoms with Crippen LogP contribution in [0.15, 0.2) is 48.8 Å². The van der Waals surface area contributed by atoms with E-state index in [4.69, 9.17) is 14.2 Å². The van der Waals surface area contributed by atoms with Crippen molar-refractivity contribution in [3.05, 3.63) is 65.5 Å². The molecule has 2 bridgehead atoms. The molecule has 0 saturated heterocycles. The SMILES string of the molecule is COc1ccc2cc1Oc1cccc(OC)c1CNC(=O)[C@@H](C(C)C)NC(=O)CN(Cc1cnn(C)c1)CCCCNC2=O. The highest BCUT2D eigenvalue weighted by molar-refractivity contribution is 5.95. The molecule has 236 valence electrons. The lowest BCUT2D eigenvalue weighted by atomic mass is 10.0. The van der Waals surface area contributed by atoms with Crippen LogP contribution in [-0.4, -0.2) is 72.3 Å². The number of hydrogen-bond donors (Lipinski definition) is 3. The molecule has 1 aromatic heterocycles. The third-order valence-corrected chi connectivity index (χ3v) is 7.38. The second-order valence-corrected chi connectivity index (χ2v) is 11.1. The van der Waals surface area contributed by atoms with Crippen molar-refractivity contribution in [2.45, 2.75) is 45.8 Å². The van der Waals surface area contributed by atoms with E-state index >= 15 is 0 Å². The van der Waals surface area contributed by atoms with Crippen molar-refractivity contribution >= 4 is 17.7 Å². The quantitative estimate of drug-likeness (QED) is 0.404. The minimum Gasteiger partial charge on any atom is -0.496 e. The average molecular weight is 607 g/mol. The van der Waals surface area contributed by atoms with Crippen LogP contribution in [0.2, 0.25) is 0 Å². The summed E-state index contributed by atoms with van der Waals surface area (Å²) in [5.41, 5.74) is 1.99. The summed E-state index contributed by atoms with van der Waals surface area (Å²) in [7, 11) is 4.91. The molecule has 44 heavy (non-hydrogen) atoms. The molecule has 12 heteroatoms. The Bertz CT molecular complexity index is 1450. The summed E-state index contributed by atoms with van der Waals surface area (Å²) < 4.78 is 19.1. The Balaban J connectivity index is 1.64. The molecule has 1 aliphatic heterocycles. The van der Waals surface area contributed by atoms with Gasteiger partial charge in [0, 0.05) is 37.5 Å². The maximum absolute atomic E-state index is 13.4. The van der Waals surface area contributed by atoms with Gasteiger partial charge in [0.15, 0.2) is 11.5 Å². The van der Waals surface area contributed by atoms with Gasteiger partial charge < -0.3 is 30.2 Å². The molecular weight excluding hydrogens is 564 g/mol. The van der Waals surface area contributed by atoms with Gasteiger partial charge in [-0.3, -0.25) is 24.0 Å². The van der Waals surface area contributed by atoms with Gasteiger partial charge in [0.25, 0.3) is 5.91 Å². The first-order chi connectivity index (χ1) is 21.2. The number of methoxy groups -OCH3 is 2. The summed E-state index contributed by atoms with van der Waals surface area (Å²) in [4.78, 5) is 41.8. The number of nitrogens with one attached hydrogen (secondary N) is 3. The van der Waals surface area contributed by atoms with Crippen molar-refractivity contribution in [3.8, 4) is 23.0 Å². The van der Waals surface area contributed by atoms with E-state index in [-0.39, 0.29) is 36.7 Å². The summed E-state index contributed by atoms with van der Waals surface area (Å²) in [6, 6.07) is 9.54. The number of carbonyl (C=O) groups is 3. The van der Waals surface area contributed by atoms with Crippen molar-refractivity contribution in [3.63, 3.8) is 0 Å². The van der Waals surface area contributed by atoms with Gasteiger partial charge in [0.05, 0.1) is 39.1 Å². The third kappa shape index (κ3) is 8.50. The van der Waals surface area contributed by atoms with E-state index in [1.807, 2.05) is 32.0 Å². The number of amides is 3. The molecule has 3 N–H and O–H groups in total. The van der Waals surface area contributed by atoms with Crippen LogP contribution in [0.25, 0.3) is 0 Å². The van der Waals surface area contributed by atoms with Crippen molar-refractivity contribution < 1.29 is 28.6 Å². The van der Waals surface area contributed by atoms with E-state index in [1.54, 1.807) is 47.3 Å². The molecule has 1 atom stereocenters. The zero-order valence-electron chi connectivity index (χ0n) is 26.0. The van der Waals surface area contributed by atoms with Gasteiger partial charge in [-0.15, -0.1) is 0 Å². The monoisotopic (exact) mass is 606 g/mol. The molecule has 0 fully saturated rings. The van der Waals surface area contributed by atoms with Gasteiger partial charge in [-0.2, -0.15) is 5.10 Å². The second kappa shape index (κ2) is 15.2. The van der Waals surface area contributed by atoms with E-state index in [0.29, 0.717) is 60.2 Å². The summed E-state index contributed by atoms with van der Waals surface area (Å²) in [6.45, 7) is 5.57. The number of benzene rings is 2. The lowest BCUT2D eigenvalue weighted by Gasteiger charge is -2.26. The van der Waals surface area contributed by atoms with Crippen molar-refractivity contribution in [2.75, 3.05) is 33.9 Å². The molecule has 0 saturated carbocycles. The van der Waals surface area contributed by atoms with Crippen LogP contribution in [0.5, 0.6) is 23.0 Å². The molecule has 4 rings (SSSR count). The number of carbonyl (C=O) groups excluding carboxylic acids is 3. The summed E-state index contributed by atoms with van der Waals surface area (Å²) in [5, 5.41) is 13.1. The Morgan fingerprint density at radius 2 is 1.82 bits per heavy atom. The first-order valence-electron chi connectivity index (χ1n) is 14.8. The lowest BCUT2D eigenvalue weighted by Crippen LogP contribution is -2.51. The van der Waals surface area contributed by atoms with Gasteiger partial charge in [-0.25, -0.2) is 0 Å². The number of aromatic nitrogens is 2. The van der Waals surface area contributed by atoms with Gasteiger partial charge in [0.2, 0.25) is 11.8 Å². The Morgan fingerprint density at radius 1 is 1.02 bits per heavy atom. The fourth-order valence-corrected chi connectivity index (χ4v) is 5.06. The van der Waals surface area contributed by atoms with E-state index in [1.165, 1.54) is 14.2 Å². The highest BCUT2D eigenvalue weighted by atomic mass is 16.5. The minimum atomic E-state index is -0.751. The number of hydrogen-bond acceptors (Lipinski definition) is 8. The topological polar surface area (TPSA) is 136 Å². The molecule has 12 nitrogen and oxygen atoms in total. The number of ether oxygens (including phenoxy) is 3. The normalized spacial score (nSPS) is 17.5. The summed E-state index contributed by atoms with van der Waals surface area (Å²) in [5.74, 6) is 0.738. The van der Waals surface area contributed by atoms with Crippen molar-refractivity contribution in [1.82, 2.24) is 30.6 Å². The average Bonchev–Trinajstić information content (AvgIpc) is 3.41. The smallest absolute Gasteiger partial charge is 0.251 e. The first-order valence-corrected chi connectivity index (χ1v) is 14.8. The van der Waals surface area contributed by atoms with Crippen molar-refractivity contribution in [2.24, 2.45) is 13.0 Å². The predicted octanol–water partition coefficient (Wildman–Crippen LogP) is 3.01. The molecule has 0 aliphatic carbocycles. The first kappa shape index (κ1) is 32.3. The van der Waals surface area contributed by atoms with Crippen LogP contribution in [-0.2, 0) is 29.7 Å². The fourth-order valence-electron chi connectivity index (χ4n) is 5.06. The predicted molar refractivity (Wildman–Crippen MR) is 165 cm³/mol. The molecule has 0 unspecified atom stereocenters. The molecule has 2 heterocycles. The van der Waals surface area contributed by atoms with Crippen LogP contribution in [0.1, 0.15) is 48.2 Å². The molecule has 2 aromatic carbocycles. The Hall–Kier alpha value is -4.58. The molecule has 0 radical (unpaired) electrons. The van der Waals surface area contributed by atoms with E-state index in [9.17, 15) is 14.4 Å². The Morgan fingerprint density at radius 3 is 2.52 bits per heavy atom. The van der Waals surface area contributed by atoms with Crippen LogP contribution in [0, 0.1) is 5.92 Å². The Kier molecular flexibility index (Phi) is 11.2. The van der Waals surface area contributed by atoms with Gasteiger partial charge in [0.1, 0.15) is 17.5 Å². The van der Waals surface area contributed by atoms with E-state index < -0.39 is 6.04 Å². The van der Waals surface area contributed by atoms with Crippen LogP contribution in [0.3, 0.4) is 0 Å². The second-order valence-electron chi connectivity index (χ2n) is 11.1. The van der Waals surface area contributed by atoms with Crippen LogP contribution < -0.4 is 30.2 Å². The zero-order valence-corrected chi connectivity index (χ0v) is 26.0. The van der Waals surface area contributed by atoms with Gasteiger partial charge in [-0.1, -0.05) is 19.9 Å².